The smallest absolute Gasteiger partial charge is 0.321 e. The molecule has 0 radical (unpaired) electrons. The van der Waals surface area contributed by atoms with E-state index >= 15 is 0 Å². The summed E-state index contributed by atoms with van der Waals surface area (Å²) >= 11 is 0. The Morgan fingerprint density at radius 3 is 1.46 bits per heavy atom. The van der Waals surface area contributed by atoms with Crippen LogP contribution in [-0.4, -0.2) is 170 Å². The van der Waals surface area contributed by atoms with E-state index in [9.17, 15) is 28.8 Å². The number of hydrogen-bond acceptors (Lipinski definition) is 12. The van der Waals surface area contributed by atoms with E-state index in [1.807, 2.05) is 76.2 Å². The number of carbonyl (C=O) groups excluding carboxylic acids is 6. The Hall–Kier alpha value is -8.88. The molecule has 0 aromatic heterocycles. The first-order chi connectivity index (χ1) is 37.7. The molecule has 1 fully saturated rings. The number of amidine groups is 2. The van der Waals surface area contributed by atoms with Gasteiger partial charge in [-0.1, -0.05) is 25.3 Å². The molecular formula is C59H70N14O6. The highest BCUT2D eigenvalue weighted by atomic mass is 16.2. The van der Waals surface area contributed by atoms with Crippen LogP contribution in [-0.2, 0) is 9.59 Å². The molecule has 5 heterocycles. The Labute approximate surface area is 461 Å². The SMILES string of the molecule is C=CC(=O)Nc1ccc(C(=O)Nc2cccc(NC3=NCC4=C3CN(C(=O)N3CCN(C)CC3)C4(C)C)c2)cc1.C=CC(=O)Nc1ccc(C(=O)Nc2cccc(NC3=NCC4=C3CN(C(=O)NCCN(C)C)C4(C)C)c2)cc1. The van der Waals surface area contributed by atoms with Gasteiger partial charge in [-0.25, -0.2) is 9.59 Å². The molecule has 0 bridgehead atoms. The Morgan fingerprint density at radius 2 is 1.01 bits per heavy atom. The maximum Gasteiger partial charge on any atom is 0.321 e. The first-order valence-electron chi connectivity index (χ1n) is 26.2. The van der Waals surface area contributed by atoms with Crippen molar-refractivity contribution in [2.45, 2.75) is 38.8 Å². The number of piperazine rings is 1. The maximum atomic E-state index is 13.4. The van der Waals surface area contributed by atoms with Crippen LogP contribution in [0.2, 0.25) is 0 Å². The lowest BCUT2D eigenvalue weighted by Crippen LogP contribution is -2.56. The summed E-state index contributed by atoms with van der Waals surface area (Å²) in [6, 6.07) is 28.1. The fourth-order valence-corrected chi connectivity index (χ4v) is 9.83. The minimum absolute atomic E-state index is 0.0766. The van der Waals surface area contributed by atoms with Crippen molar-refractivity contribution in [2.24, 2.45) is 9.98 Å². The van der Waals surface area contributed by atoms with Gasteiger partial charge < -0.3 is 61.7 Å². The third-order valence-electron chi connectivity index (χ3n) is 14.6. The molecule has 79 heavy (non-hydrogen) atoms. The van der Waals surface area contributed by atoms with Crippen LogP contribution >= 0.6 is 0 Å². The van der Waals surface area contributed by atoms with Crippen LogP contribution in [0.25, 0.3) is 0 Å². The van der Waals surface area contributed by atoms with Crippen LogP contribution in [0.5, 0.6) is 0 Å². The Morgan fingerprint density at radius 1 is 0.582 bits per heavy atom. The Kier molecular flexibility index (Phi) is 17.3. The molecule has 0 aliphatic carbocycles. The van der Waals surface area contributed by atoms with Gasteiger partial charge in [-0.3, -0.25) is 29.2 Å². The topological polar surface area (TPSA) is 228 Å². The van der Waals surface area contributed by atoms with Gasteiger partial charge >= 0.3 is 12.1 Å². The van der Waals surface area contributed by atoms with E-state index in [0.29, 0.717) is 66.6 Å². The molecule has 7 N–H and O–H groups in total. The van der Waals surface area contributed by atoms with Gasteiger partial charge in [-0.05, 0) is 157 Å². The van der Waals surface area contributed by atoms with E-state index in [2.05, 4.69) is 90.0 Å². The van der Waals surface area contributed by atoms with Crippen LogP contribution < -0.4 is 37.2 Å². The van der Waals surface area contributed by atoms with Crippen molar-refractivity contribution >= 4 is 81.5 Å². The first kappa shape index (κ1) is 56.3. The lowest BCUT2D eigenvalue weighted by atomic mass is 9.94. The van der Waals surface area contributed by atoms with Crippen LogP contribution in [0.15, 0.2) is 155 Å². The molecule has 0 saturated carbocycles. The molecule has 8 amide bonds. The highest BCUT2D eigenvalue weighted by Gasteiger charge is 2.47. The van der Waals surface area contributed by atoms with Gasteiger partial charge in [0.1, 0.15) is 11.7 Å². The molecule has 5 aliphatic heterocycles. The number of hydrogen-bond donors (Lipinski definition) is 7. The highest BCUT2D eigenvalue weighted by molar-refractivity contribution is 6.13. The zero-order valence-electron chi connectivity index (χ0n) is 46.0. The maximum absolute atomic E-state index is 13.4. The minimum Gasteiger partial charge on any atom is -0.340 e. The molecule has 20 nitrogen and oxygen atoms in total. The number of aliphatic imine (C=N–C) groups is 2. The number of nitrogens with one attached hydrogen (secondary N) is 7. The summed E-state index contributed by atoms with van der Waals surface area (Å²) in [5, 5.41) is 20.9. The van der Waals surface area contributed by atoms with Crippen molar-refractivity contribution in [2.75, 3.05) is 118 Å². The Balaban J connectivity index is 0.000000208. The number of urea groups is 2. The summed E-state index contributed by atoms with van der Waals surface area (Å²) in [7, 11) is 6.03. The predicted octanol–water partition coefficient (Wildman–Crippen LogP) is 7.20. The lowest BCUT2D eigenvalue weighted by Gasteiger charge is -2.40. The van der Waals surface area contributed by atoms with Crippen LogP contribution in [0.1, 0.15) is 48.4 Å². The summed E-state index contributed by atoms with van der Waals surface area (Å²) in [5.41, 5.74) is 8.41. The zero-order chi connectivity index (χ0) is 56.6. The molecule has 1 saturated heterocycles. The lowest BCUT2D eigenvalue weighted by molar-refractivity contribution is -0.112. The van der Waals surface area contributed by atoms with Crippen molar-refractivity contribution in [1.82, 2.24) is 29.8 Å². The minimum atomic E-state index is -0.440. The number of nitrogens with zero attached hydrogens (tertiary/aromatic N) is 7. The molecule has 0 spiro atoms. The van der Waals surface area contributed by atoms with Gasteiger partial charge in [0.15, 0.2) is 0 Å². The molecule has 0 unspecified atom stereocenters. The second-order valence-electron chi connectivity index (χ2n) is 21.0. The summed E-state index contributed by atoms with van der Waals surface area (Å²) in [6.45, 7) is 21.8. The average molecular weight is 1070 g/mol. The summed E-state index contributed by atoms with van der Waals surface area (Å²) < 4.78 is 0. The first-order valence-corrected chi connectivity index (χ1v) is 26.2. The molecule has 412 valence electrons. The second-order valence-corrected chi connectivity index (χ2v) is 21.0. The number of carbonyl (C=O) groups is 6. The van der Waals surface area contributed by atoms with Crippen molar-refractivity contribution in [3.05, 3.63) is 156 Å². The van der Waals surface area contributed by atoms with Crippen LogP contribution in [0.4, 0.5) is 43.7 Å². The largest absolute Gasteiger partial charge is 0.340 e. The molecular weight excluding hydrogens is 1000 g/mol. The van der Waals surface area contributed by atoms with E-state index in [-0.39, 0.29) is 35.7 Å². The fraction of sp³-hybridized carbons (Fsp3) is 0.322. The fourth-order valence-electron chi connectivity index (χ4n) is 9.83. The van der Waals surface area contributed by atoms with E-state index in [0.717, 1.165) is 78.1 Å². The van der Waals surface area contributed by atoms with Gasteiger partial charge in [0, 0.05) is 95.7 Å². The van der Waals surface area contributed by atoms with Gasteiger partial charge in [-0.2, -0.15) is 0 Å². The zero-order valence-corrected chi connectivity index (χ0v) is 46.0. The van der Waals surface area contributed by atoms with E-state index in [1.165, 1.54) is 12.2 Å². The van der Waals surface area contributed by atoms with Crippen molar-refractivity contribution in [3.63, 3.8) is 0 Å². The average Bonchev–Trinajstić information content (AvgIpc) is 4.22. The van der Waals surface area contributed by atoms with Crippen molar-refractivity contribution in [3.8, 4) is 0 Å². The standard InChI is InChI=1S/C30H35N7O3.C29H35N7O3/c1-5-26(38)32-21-11-9-20(10-12-21)28(39)34-23-8-6-7-22(17-23)33-27-24-19-37(30(2,3)25(24)18-31-27)29(40)36-15-13-35(4)14-16-36;1-6-25(37)32-20-12-10-19(11-13-20)27(38)34-22-9-7-8-21(16-22)33-26-23-18-36(28(39)30-14-15-35(4)5)29(2,3)24(23)17-31-26/h5-12,17H,1,13-16,18-19H2,2-4H3,(H,31,33)(H,32,38)(H,34,39);6-13,16H,1,14-15,17-18H2,2-5H3,(H,30,39)(H,31,33)(H,32,37)(H,34,38). The van der Waals surface area contributed by atoms with E-state index < -0.39 is 11.1 Å². The summed E-state index contributed by atoms with van der Waals surface area (Å²) in [6.07, 6.45) is 2.37. The van der Waals surface area contributed by atoms with Gasteiger partial charge in [0.05, 0.1) is 37.3 Å². The third kappa shape index (κ3) is 13.3. The van der Waals surface area contributed by atoms with Crippen molar-refractivity contribution < 1.29 is 28.8 Å². The van der Waals surface area contributed by atoms with Crippen LogP contribution in [0, 0.1) is 0 Å². The highest BCUT2D eigenvalue weighted by Crippen LogP contribution is 2.40. The molecule has 0 atom stereocenters. The van der Waals surface area contributed by atoms with Crippen LogP contribution in [0.3, 0.4) is 0 Å². The number of amides is 8. The van der Waals surface area contributed by atoms with E-state index in [4.69, 9.17) is 9.98 Å². The molecule has 9 rings (SSSR count). The molecule has 4 aromatic carbocycles. The van der Waals surface area contributed by atoms with Gasteiger partial charge in [-0.15, -0.1) is 0 Å². The van der Waals surface area contributed by atoms with Gasteiger partial charge in [0.25, 0.3) is 11.8 Å². The van der Waals surface area contributed by atoms with Gasteiger partial charge in [0.2, 0.25) is 11.8 Å². The number of rotatable bonds is 13. The molecule has 4 aromatic rings. The monoisotopic (exact) mass is 1070 g/mol. The number of likely N-dealkylation sites (N-methyl/N-ethyl adjacent to an activating group) is 2. The summed E-state index contributed by atoms with van der Waals surface area (Å²) in [4.78, 5) is 94.4. The predicted molar refractivity (Wildman–Crippen MR) is 313 cm³/mol. The Bertz CT molecular complexity index is 3170. The second kappa shape index (κ2) is 24.2. The molecule has 20 heteroatoms. The number of benzene rings is 4. The van der Waals surface area contributed by atoms with E-state index in [1.54, 1.807) is 54.6 Å². The quantitative estimate of drug-likeness (QED) is 0.0667. The number of anilines is 6. The summed E-state index contributed by atoms with van der Waals surface area (Å²) in [5.74, 6) is 0.331. The third-order valence-corrected chi connectivity index (χ3v) is 14.6. The van der Waals surface area contributed by atoms with Crippen molar-refractivity contribution in [1.29, 1.82) is 0 Å². The molecule has 5 aliphatic rings. The normalized spacial score (nSPS) is 16.9.